The minimum Gasteiger partial charge on any atom is -0.326 e. The van der Waals surface area contributed by atoms with Gasteiger partial charge in [0, 0.05) is 23.9 Å². The van der Waals surface area contributed by atoms with Gasteiger partial charge in [-0.3, -0.25) is 4.79 Å². The highest BCUT2D eigenvalue weighted by molar-refractivity contribution is 5.99. The van der Waals surface area contributed by atoms with Gasteiger partial charge in [-0.1, -0.05) is 24.3 Å². The van der Waals surface area contributed by atoms with Gasteiger partial charge in [-0.2, -0.15) is 0 Å². The molecule has 0 fully saturated rings. The minimum absolute atomic E-state index is 0.0230. The number of hydrogen-bond acceptors (Lipinski definition) is 3. The molecule has 0 saturated carbocycles. The third-order valence-corrected chi connectivity index (χ3v) is 4.29. The standard InChI is InChI=1S/C20H16FN3O/c21-16-6-1-13(2-7-16)3-8-19-22-10-9-17(23-19)14-4-5-15-12-20(25)24-18(15)11-14/h1-2,4-7,9-11H,3,8,12H2,(H,24,25). The number of aromatic nitrogens is 2. The summed E-state index contributed by atoms with van der Waals surface area (Å²) in [4.78, 5) is 20.4. The molecule has 1 amide bonds. The summed E-state index contributed by atoms with van der Waals surface area (Å²) < 4.78 is 13.0. The van der Waals surface area contributed by atoms with Crippen LogP contribution in [0.5, 0.6) is 0 Å². The number of benzene rings is 2. The normalized spacial score (nSPS) is 12.8. The summed E-state index contributed by atoms with van der Waals surface area (Å²) in [7, 11) is 0. The maximum atomic E-state index is 13.0. The molecule has 1 aliphatic heterocycles. The highest BCUT2D eigenvalue weighted by Crippen LogP contribution is 2.28. The van der Waals surface area contributed by atoms with Gasteiger partial charge in [0.2, 0.25) is 5.91 Å². The van der Waals surface area contributed by atoms with Gasteiger partial charge >= 0.3 is 0 Å². The van der Waals surface area contributed by atoms with Crippen LogP contribution in [-0.2, 0) is 24.1 Å². The first-order valence-electron chi connectivity index (χ1n) is 8.17. The predicted octanol–water partition coefficient (Wildman–Crippen LogP) is 3.56. The fraction of sp³-hybridized carbons (Fsp3) is 0.150. The van der Waals surface area contributed by atoms with E-state index in [1.165, 1.54) is 12.1 Å². The number of amides is 1. The Morgan fingerprint density at radius 3 is 2.72 bits per heavy atom. The van der Waals surface area contributed by atoms with E-state index in [1.54, 1.807) is 18.3 Å². The van der Waals surface area contributed by atoms with E-state index in [-0.39, 0.29) is 11.7 Å². The number of hydrogen-bond donors (Lipinski definition) is 1. The lowest BCUT2D eigenvalue weighted by Crippen LogP contribution is -2.03. The second-order valence-corrected chi connectivity index (χ2v) is 6.08. The molecule has 1 N–H and O–H groups in total. The van der Waals surface area contributed by atoms with E-state index in [2.05, 4.69) is 15.3 Å². The molecule has 2 heterocycles. The van der Waals surface area contributed by atoms with Crippen molar-refractivity contribution in [1.29, 1.82) is 0 Å². The number of fused-ring (bicyclic) bond motifs is 1. The second-order valence-electron chi connectivity index (χ2n) is 6.08. The molecule has 2 aromatic carbocycles. The molecule has 0 unspecified atom stereocenters. The van der Waals surface area contributed by atoms with Crippen LogP contribution in [0.4, 0.5) is 10.1 Å². The highest BCUT2D eigenvalue weighted by atomic mass is 19.1. The van der Waals surface area contributed by atoms with E-state index in [9.17, 15) is 9.18 Å². The summed E-state index contributed by atoms with van der Waals surface area (Å²) in [6, 6.07) is 14.2. The van der Waals surface area contributed by atoms with Crippen molar-refractivity contribution in [2.45, 2.75) is 19.3 Å². The van der Waals surface area contributed by atoms with Crippen LogP contribution in [0.3, 0.4) is 0 Å². The van der Waals surface area contributed by atoms with Gasteiger partial charge in [0.05, 0.1) is 12.1 Å². The molecular formula is C20H16FN3O. The van der Waals surface area contributed by atoms with Crippen molar-refractivity contribution in [2.75, 3.05) is 5.32 Å². The van der Waals surface area contributed by atoms with Crippen molar-refractivity contribution in [3.8, 4) is 11.3 Å². The molecule has 0 saturated heterocycles. The van der Waals surface area contributed by atoms with Gasteiger partial charge in [-0.15, -0.1) is 0 Å². The number of anilines is 1. The number of halogens is 1. The van der Waals surface area contributed by atoms with Crippen LogP contribution in [0, 0.1) is 5.82 Å². The molecule has 3 aromatic rings. The number of nitrogens with zero attached hydrogens (tertiary/aromatic N) is 2. The molecule has 0 radical (unpaired) electrons. The first-order valence-corrected chi connectivity index (χ1v) is 8.17. The zero-order valence-corrected chi connectivity index (χ0v) is 13.5. The first kappa shape index (κ1) is 15.4. The number of rotatable bonds is 4. The topological polar surface area (TPSA) is 54.9 Å². The number of nitrogens with one attached hydrogen (secondary N) is 1. The number of aryl methyl sites for hydroxylation is 2. The highest BCUT2D eigenvalue weighted by Gasteiger charge is 2.18. The van der Waals surface area contributed by atoms with Crippen LogP contribution in [0.25, 0.3) is 11.3 Å². The van der Waals surface area contributed by atoms with Crippen LogP contribution >= 0.6 is 0 Å². The Balaban J connectivity index is 1.52. The van der Waals surface area contributed by atoms with E-state index < -0.39 is 0 Å². The van der Waals surface area contributed by atoms with E-state index in [1.807, 2.05) is 24.3 Å². The Morgan fingerprint density at radius 2 is 1.88 bits per heavy atom. The predicted molar refractivity (Wildman–Crippen MR) is 93.6 cm³/mol. The molecule has 4 rings (SSSR count). The van der Waals surface area contributed by atoms with Crippen molar-refractivity contribution >= 4 is 11.6 Å². The molecule has 1 aliphatic rings. The largest absolute Gasteiger partial charge is 0.326 e. The maximum absolute atomic E-state index is 13.0. The van der Waals surface area contributed by atoms with Crippen molar-refractivity contribution in [3.05, 3.63) is 77.5 Å². The third kappa shape index (κ3) is 3.40. The summed E-state index contributed by atoms with van der Waals surface area (Å²) in [5.74, 6) is 0.534. The molecule has 25 heavy (non-hydrogen) atoms. The van der Waals surface area contributed by atoms with Gasteiger partial charge in [0.15, 0.2) is 0 Å². The molecular weight excluding hydrogens is 317 g/mol. The Kier molecular flexibility index (Phi) is 3.98. The third-order valence-electron chi connectivity index (χ3n) is 4.29. The van der Waals surface area contributed by atoms with Gasteiger partial charge in [-0.25, -0.2) is 14.4 Å². The van der Waals surface area contributed by atoms with Gasteiger partial charge < -0.3 is 5.32 Å². The Labute approximate surface area is 144 Å². The Bertz CT molecular complexity index is 938. The van der Waals surface area contributed by atoms with Gasteiger partial charge in [-0.05, 0) is 41.8 Å². The van der Waals surface area contributed by atoms with Crippen LogP contribution in [0.1, 0.15) is 17.0 Å². The molecule has 1 aromatic heterocycles. The Morgan fingerprint density at radius 1 is 1.04 bits per heavy atom. The van der Waals surface area contributed by atoms with Crippen molar-refractivity contribution < 1.29 is 9.18 Å². The average molecular weight is 333 g/mol. The summed E-state index contributed by atoms with van der Waals surface area (Å²) in [5, 5.41) is 2.86. The van der Waals surface area contributed by atoms with E-state index in [0.717, 1.165) is 40.3 Å². The SMILES string of the molecule is O=C1Cc2ccc(-c3ccnc(CCc4ccc(F)cc4)n3)cc2N1. The summed E-state index contributed by atoms with van der Waals surface area (Å²) in [6.07, 6.45) is 3.61. The molecule has 124 valence electrons. The molecule has 4 nitrogen and oxygen atoms in total. The smallest absolute Gasteiger partial charge is 0.228 e. The fourth-order valence-corrected chi connectivity index (χ4v) is 2.96. The van der Waals surface area contributed by atoms with Crippen LogP contribution in [0.15, 0.2) is 54.7 Å². The Hall–Kier alpha value is -3.08. The lowest BCUT2D eigenvalue weighted by Gasteiger charge is -2.06. The maximum Gasteiger partial charge on any atom is 0.228 e. The van der Waals surface area contributed by atoms with Gasteiger partial charge in [0.25, 0.3) is 0 Å². The lowest BCUT2D eigenvalue weighted by molar-refractivity contribution is -0.115. The number of carbonyl (C=O) groups is 1. The molecule has 0 bridgehead atoms. The van der Waals surface area contributed by atoms with Crippen LogP contribution in [0.2, 0.25) is 0 Å². The molecule has 0 aliphatic carbocycles. The zero-order valence-electron chi connectivity index (χ0n) is 13.5. The fourth-order valence-electron chi connectivity index (χ4n) is 2.96. The summed E-state index contributed by atoms with van der Waals surface area (Å²) >= 11 is 0. The van der Waals surface area contributed by atoms with Crippen LogP contribution < -0.4 is 5.32 Å². The summed E-state index contributed by atoms with van der Waals surface area (Å²) in [5.41, 5.74) is 4.70. The van der Waals surface area contributed by atoms with Crippen LogP contribution in [-0.4, -0.2) is 15.9 Å². The monoisotopic (exact) mass is 333 g/mol. The molecule has 0 spiro atoms. The zero-order chi connectivity index (χ0) is 17.2. The first-order chi connectivity index (χ1) is 12.2. The average Bonchev–Trinajstić information content (AvgIpc) is 3.00. The van der Waals surface area contributed by atoms with Crippen molar-refractivity contribution in [3.63, 3.8) is 0 Å². The van der Waals surface area contributed by atoms with E-state index in [4.69, 9.17) is 0 Å². The summed E-state index contributed by atoms with van der Waals surface area (Å²) in [6.45, 7) is 0. The second kappa shape index (κ2) is 6.43. The van der Waals surface area contributed by atoms with Crippen molar-refractivity contribution in [2.24, 2.45) is 0 Å². The molecule has 0 atom stereocenters. The van der Waals surface area contributed by atoms with Gasteiger partial charge in [0.1, 0.15) is 11.6 Å². The van der Waals surface area contributed by atoms with E-state index in [0.29, 0.717) is 12.8 Å². The van der Waals surface area contributed by atoms with Crippen molar-refractivity contribution in [1.82, 2.24) is 9.97 Å². The van der Waals surface area contributed by atoms with E-state index >= 15 is 0 Å². The molecule has 5 heteroatoms. The lowest BCUT2D eigenvalue weighted by atomic mass is 10.1. The number of carbonyl (C=O) groups excluding carboxylic acids is 1. The minimum atomic E-state index is -0.231. The quantitative estimate of drug-likeness (QED) is 0.794.